The van der Waals surface area contributed by atoms with Crippen molar-refractivity contribution < 1.29 is 24.7 Å². The van der Waals surface area contributed by atoms with Crippen LogP contribution in [0.2, 0.25) is 0 Å². The first-order valence-electron chi connectivity index (χ1n) is 4.27. The summed E-state index contributed by atoms with van der Waals surface area (Å²) in [4.78, 5) is 0. The van der Waals surface area contributed by atoms with Crippen LogP contribution in [-0.4, -0.2) is 0 Å². The van der Waals surface area contributed by atoms with Gasteiger partial charge >= 0.3 is 88.8 Å². The van der Waals surface area contributed by atoms with Crippen molar-refractivity contribution in [3.05, 3.63) is 44.3 Å². The molecule has 0 atom stereocenters. The van der Waals surface area contributed by atoms with Gasteiger partial charge in [0.25, 0.3) is 0 Å². The second-order valence-electron chi connectivity index (χ2n) is 3.25. The Labute approximate surface area is 113 Å². The van der Waals surface area contributed by atoms with Crippen molar-refractivity contribution in [3.63, 3.8) is 0 Å². The summed E-state index contributed by atoms with van der Waals surface area (Å²) in [6.07, 6.45) is 11.3. The molecule has 0 saturated heterocycles. The summed E-state index contributed by atoms with van der Waals surface area (Å²) in [5.74, 6) is 0. The van der Waals surface area contributed by atoms with Crippen LogP contribution in [0.5, 0.6) is 0 Å². The number of halogens is 2. The second kappa shape index (κ2) is 6.10. The minimum absolute atomic E-state index is 0. The van der Waals surface area contributed by atoms with Crippen LogP contribution >= 0.6 is 24.8 Å². The third kappa shape index (κ3) is 2.72. The first-order chi connectivity index (χ1) is 5.79. The van der Waals surface area contributed by atoms with Crippen LogP contribution < -0.4 is 0 Å². The Morgan fingerprint density at radius 3 is 2.36 bits per heavy atom. The fourth-order valence-corrected chi connectivity index (χ4v) is 2.27. The molecule has 75 valence electrons. The van der Waals surface area contributed by atoms with Gasteiger partial charge in [-0.05, 0) is 0 Å². The van der Waals surface area contributed by atoms with Crippen molar-refractivity contribution in [3.8, 4) is 0 Å². The van der Waals surface area contributed by atoms with E-state index in [0.717, 1.165) is 6.42 Å². The third-order valence-electron chi connectivity index (χ3n) is 2.48. The predicted molar refractivity (Wildman–Crippen MR) is 61.7 cm³/mol. The second-order valence-corrected chi connectivity index (χ2v) is 4.73. The zero-order valence-corrected chi connectivity index (χ0v) is 12.1. The molecule has 0 aromatic heterocycles. The Balaban J connectivity index is 0.000000845. The average Bonchev–Trinajstić information content (AvgIpc) is 2.64. The monoisotopic (exact) mass is 305 g/mol. The molecule has 0 amide bonds. The first kappa shape index (κ1) is 14.4. The molecule has 0 saturated carbocycles. The molecule has 0 radical (unpaired) electrons. The van der Waals surface area contributed by atoms with Crippen LogP contribution in [0.4, 0.5) is 0 Å². The molecule has 0 N–H and O–H groups in total. The van der Waals surface area contributed by atoms with Gasteiger partial charge in [-0.1, -0.05) is 0 Å². The fourth-order valence-electron chi connectivity index (χ4n) is 1.69. The molecule has 0 spiro atoms. The molecule has 3 heteroatoms. The largest absolute Gasteiger partial charge is 0.147 e. The van der Waals surface area contributed by atoms with Crippen molar-refractivity contribution in [2.75, 3.05) is 0 Å². The van der Waals surface area contributed by atoms with Gasteiger partial charge in [0.05, 0.1) is 0 Å². The molecule has 0 unspecified atom stereocenters. The molecular formula is C11H13Cl2Zr. The Kier molecular flexibility index (Phi) is 6.29. The molecule has 0 nitrogen and oxygen atoms in total. The van der Waals surface area contributed by atoms with E-state index in [1.54, 1.807) is 28.0 Å². The topological polar surface area (TPSA) is 0 Å². The van der Waals surface area contributed by atoms with Crippen molar-refractivity contribution >= 4 is 24.8 Å². The van der Waals surface area contributed by atoms with E-state index in [4.69, 9.17) is 0 Å². The Morgan fingerprint density at radius 1 is 1.21 bits per heavy atom. The molecule has 0 heterocycles. The molecule has 2 aliphatic rings. The molecular weight excluding hydrogens is 294 g/mol. The van der Waals surface area contributed by atoms with Crippen molar-refractivity contribution in [2.45, 2.75) is 19.8 Å². The van der Waals surface area contributed by atoms with Gasteiger partial charge in [0.2, 0.25) is 0 Å². The zero-order valence-electron chi connectivity index (χ0n) is 8.04. The SMILES string of the molecule is CC1=[C]([Zr])CC=C1C1=CC=CC1.Cl.Cl. The van der Waals surface area contributed by atoms with Gasteiger partial charge in [0.1, 0.15) is 0 Å². The summed E-state index contributed by atoms with van der Waals surface area (Å²) < 4.78 is 1.62. The van der Waals surface area contributed by atoms with Crippen LogP contribution in [0.3, 0.4) is 0 Å². The van der Waals surface area contributed by atoms with E-state index in [-0.39, 0.29) is 24.8 Å². The molecule has 2 rings (SSSR count). The van der Waals surface area contributed by atoms with Gasteiger partial charge in [0, 0.05) is 0 Å². The Hall–Kier alpha value is 0.423. The molecule has 0 aromatic rings. The summed E-state index contributed by atoms with van der Waals surface area (Å²) in [5, 5.41) is 0. The van der Waals surface area contributed by atoms with E-state index in [2.05, 4.69) is 31.2 Å². The molecule has 0 aliphatic heterocycles. The van der Waals surface area contributed by atoms with Crippen LogP contribution in [0, 0.1) is 0 Å². The van der Waals surface area contributed by atoms with Crippen molar-refractivity contribution in [2.24, 2.45) is 0 Å². The van der Waals surface area contributed by atoms with Gasteiger partial charge < -0.3 is 0 Å². The van der Waals surface area contributed by atoms with E-state index < -0.39 is 0 Å². The van der Waals surface area contributed by atoms with E-state index in [9.17, 15) is 0 Å². The van der Waals surface area contributed by atoms with Gasteiger partial charge in [-0.15, -0.1) is 24.8 Å². The minimum Gasteiger partial charge on any atom is -0.147 e. The molecule has 2 aliphatic carbocycles. The predicted octanol–water partition coefficient (Wildman–Crippen LogP) is 3.87. The van der Waals surface area contributed by atoms with Crippen LogP contribution in [0.15, 0.2) is 44.3 Å². The molecule has 0 bridgehead atoms. The fraction of sp³-hybridized carbons (Fsp3) is 0.273. The van der Waals surface area contributed by atoms with Crippen molar-refractivity contribution in [1.82, 2.24) is 0 Å². The van der Waals surface area contributed by atoms with Gasteiger partial charge in [-0.2, -0.15) is 0 Å². The van der Waals surface area contributed by atoms with E-state index in [1.165, 1.54) is 23.1 Å². The maximum absolute atomic E-state index is 2.37. The normalized spacial score (nSPS) is 18.6. The molecule has 0 aromatic carbocycles. The zero-order chi connectivity index (χ0) is 8.55. The quantitative estimate of drug-likeness (QED) is 0.690. The summed E-state index contributed by atoms with van der Waals surface area (Å²) in [6, 6.07) is 0. The van der Waals surface area contributed by atoms with Crippen molar-refractivity contribution in [1.29, 1.82) is 0 Å². The number of allylic oxidation sites excluding steroid dienone is 8. The van der Waals surface area contributed by atoms with Gasteiger partial charge in [0.15, 0.2) is 0 Å². The van der Waals surface area contributed by atoms with Crippen LogP contribution in [0.25, 0.3) is 0 Å². The average molecular weight is 307 g/mol. The Bertz CT molecular complexity index is 335. The summed E-state index contributed by atoms with van der Waals surface area (Å²) in [7, 11) is 0. The van der Waals surface area contributed by atoms with E-state index in [1.807, 2.05) is 0 Å². The number of rotatable bonds is 1. The summed E-state index contributed by atoms with van der Waals surface area (Å²) >= 11 is 1.58. The molecule has 14 heavy (non-hydrogen) atoms. The standard InChI is InChI=1S/C11H11.2ClH.Zr/c1-9-5-4-8-11(9)10-6-2-3-7-10;;;/h2-3,6,8H,4,7H2,1H3;2*1H;. The van der Waals surface area contributed by atoms with Gasteiger partial charge in [-0.25, -0.2) is 0 Å². The summed E-state index contributed by atoms with van der Waals surface area (Å²) in [6.45, 7) is 2.25. The van der Waals surface area contributed by atoms with Crippen LogP contribution in [0.1, 0.15) is 19.8 Å². The first-order valence-corrected chi connectivity index (χ1v) is 5.50. The maximum atomic E-state index is 2.37. The number of hydrogen-bond acceptors (Lipinski definition) is 0. The van der Waals surface area contributed by atoms with Gasteiger partial charge in [-0.3, -0.25) is 0 Å². The maximum Gasteiger partial charge on any atom is -0.147 e. The minimum atomic E-state index is 0. The smallest absolute Gasteiger partial charge is 0.147 e. The van der Waals surface area contributed by atoms with Crippen LogP contribution in [-0.2, 0) is 24.7 Å². The van der Waals surface area contributed by atoms with E-state index in [0.29, 0.717) is 0 Å². The van der Waals surface area contributed by atoms with E-state index >= 15 is 0 Å². The third-order valence-corrected chi connectivity index (χ3v) is 3.91. The molecule has 0 fully saturated rings. The number of hydrogen-bond donors (Lipinski definition) is 0. The summed E-state index contributed by atoms with van der Waals surface area (Å²) in [5.41, 5.74) is 4.54. The Morgan fingerprint density at radius 2 is 1.93 bits per heavy atom.